The molecule has 0 aliphatic rings. The first-order chi connectivity index (χ1) is 14.6. The molecule has 0 aromatic heterocycles. The van der Waals surface area contributed by atoms with Crippen LogP contribution in [0.1, 0.15) is 78.1 Å². The van der Waals surface area contributed by atoms with Crippen molar-refractivity contribution in [2.75, 3.05) is 41.0 Å². The van der Waals surface area contributed by atoms with Gasteiger partial charge in [0.25, 0.3) is 0 Å². The number of ether oxygens (including phenoxy) is 3. The molecule has 0 heterocycles. The number of esters is 2. The highest BCUT2D eigenvalue weighted by molar-refractivity contribution is 5.72. The van der Waals surface area contributed by atoms with Gasteiger partial charge in [-0.25, -0.2) is 4.79 Å². The SMILES string of the molecule is CCCCCCCCCC(=O)OC(COCCC(C(=O)O)[N+](C)(C)C)COC(=O)CC. The van der Waals surface area contributed by atoms with E-state index in [1.165, 1.54) is 25.7 Å². The van der Waals surface area contributed by atoms with Gasteiger partial charge >= 0.3 is 17.9 Å². The topological polar surface area (TPSA) is 99.1 Å². The number of carboxylic acid groups (broad SMARTS) is 1. The first-order valence-corrected chi connectivity index (χ1v) is 11.6. The van der Waals surface area contributed by atoms with Gasteiger partial charge in [-0.3, -0.25) is 9.59 Å². The Labute approximate surface area is 187 Å². The van der Waals surface area contributed by atoms with Crippen molar-refractivity contribution in [3.05, 3.63) is 0 Å². The molecule has 0 bridgehead atoms. The molecule has 0 rings (SSSR count). The summed E-state index contributed by atoms with van der Waals surface area (Å²) in [6, 6.07) is -0.601. The molecule has 0 aliphatic carbocycles. The molecule has 0 fully saturated rings. The third-order valence-electron chi connectivity index (χ3n) is 5.06. The molecule has 0 aliphatic heterocycles. The van der Waals surface area contributed by atoms with Crippen LogP contribution < -0.4 is 0 Å². The van der Waals surface area contributed by atoms with E-state index in [-0.39, 0.29) is 42.7 Å². The molecule has 0 spiro atoms. The summed E-state index contributed by atoms with van der Waals surface area (Å²) in [5, 5.41) is 9.37. The van der Waals surface area contributed by atoms with Crippen molar-refractivity contribution in [3.63, 3.8) is 0 Å². The van der Waals surface area contributed by atoms with Crippen LogP contribution in [0.3, 0.4) is 0 Å². The molecule has 8 heteroatoms. The monoisotopic (exact) mass is 446 g/mol. The summed E-state index contributed by atoms with van der Waals surface area (Å²) in [7, 11) is 5.45. The number of aliphatic carboxylic acids is 1. The first kappa shape index (κ1) is 29.3. The zero-order chi connectivity index (χ0) is 23.7. The van der Waals surface area contributed by atoms with Crippen LogP contribution in [0.15, 0.2) is 0 Å². The predicted molar refractivity (Wildman–Crippen MR) is 119 cm³/mol. The Kier molecular flexibility index (Phi) is 16.0. The molecule has 0 aromatic carbocycles. The molecule has 0 amide bonds. The maximum atomic E-state index is 12.2. The fourth-order valence-electron chi connectivity index (χ4n) is 3.13. The second kappa shape index (κ2) is 17.0. The van der Waals surface area contributed by atoms with Crippen molar-refractivity contribution in [1.29, 1.82) is 0 Å². The third kappa shape index (κ3) is 15.7. The van der Waals surface area contributed by atoms with Gasteiger partial charge < -0.3 is 23.8 Å². The van der Waals surface area contributed by atoms with E-state index in [2.05, 4.69) is 6.92 Å². The quantitative estimate of drug-likeness (QED) is 0.184. The van der Waals surface area contributed by atoms with Crippen LogP contribution in [0.2, 0.25) is 0 Å². The number of carboxylic acids is 1. The highest BCUT2D eigenvalue weighted by Crippen LogP contribution is 2.11. The minimum atomic E-state index is -0.884. The van der Waals surface area contributed by atoms with Crippen molar-refractivity contribution in [2.24, 2.45) is 0 Å². The molecule has 182 valence electrons. The fourth-order valence-corrected chi connectivity index (χ4v) is 3.13. The van der Waals surface area contributed by atoms with Crippen molar-refractivity contribution in [3.8, 4) is 0 Å². The normalized spacial score (nSPS) is 13.5. The lowest BCUT2D eigenvalue weighted by Crippen LogP contribution is -2.50. The fraction of sp³-hybridized carbons (Fsp3) is 0.870. The summed E-state index contributed by atoms with van der Waals surface area (Å²) in [4.78, 5) is 35.1. The number of carbonyl (C=O) groups is 3. The van der Waals surface area contributed by atoms with Crippen LogP contribution in [0.4, 0.5) is 0 Å². The van der Waals surface area contributed by atoms with E-state index in [1.807, 2.05) is 21.1 Å². The Morgan fingerprint density at radius 2 is 1.48 bits per heavy atom. The second-order valence-electron chi connectivity index (χ2n) is 8.85. The molecular formula is C23H44NO7+. The summed E-state index contributed by atoms with van der Waals surface area (Å²) >= 11 is 0. The lowest BCUT2D eigenvalue weighted by Gasteiger charge is -2.31. The van der Waals surface area contributed by atoms with Crippen molar-refractivity contribution in [1.82, 2.24) is 0 Å². The van der Waals surface area contributed by atoms with Gasteiger partial charge in [0.2, 0.25) is 0 Å². The smallest absolute Gasteiger partial charge is 0.362 e. The summed E-state index contributed by atoms with van der Waals surface area (Å²) in [5.41, 5.74) is 0. The first-order valence-electron chi connectivity index (χ1n) is 11.6. The Balaban J connectivity index is 4.40. The van der Waals surface area contributed by atoms with Gasteiger partial charge in [0.15, 0.2) is 12.1 Å². The minimum Gasteiger partial charge on any atom is -0.477 e. The number of likely N-dealkylation sites (N-methyl/N-ethyl adjacent to an activating group) is 1. The largest absolute Gasteiger partial charge is 0.477 e. The Bertz CT molecular complexity index is 517. The van der Waals surface area contributed by atoms with Crippen LogP contribution in [0.25, 0.3) is 0 Å². The van der Waals surface area contributed by atoms with Crippen molar-refractivity contribution < 1.29 is 38.2 Å². The molecular weight excluding hydrogens is 402 g/mol. The number of hydrogen-bond acceptors (Lipinski definition) is 6. The molecule has 8 nitrogen and oxygen atoms in total. The highest BCUT2D eigenvalue weighted by atomic mass is 16.6. The molecule has 2 atom stereocenters. The van der Waals surface area contributed by atoms with Crippen LogP contribution in [-0.2, 0) is 28.6 Å². The summed E-state index contributed by atoms with van der Waals surface area (Å²) < 4.78 is 16.4. The van der Waals surface area contributed by atoms with Gasteiger partial charge in [0.1, 0.15) is 6.61 Å². The predicted octanol–water partition coefficient (Wildman–Crippen LogP) is 3.56. The minimum absolute atomic E-state index is 0.0588. The van der Waals surface area contributed by atoms with E-state index < -0.39 is 18.1 Å². The van der Waals surface area contributed by atoms with Crippen molar-refractivity contribution >= 4 is 17.9 Å². The van der Waals surface area contributed by atoms with Crippen LogP contribution >= 0.6 is 0 Å². The molecule has 0 saturated carbocycles. The van der Waals surface area contributed by atoms with E-state index in [9.17, 15) is 19.5 Å². The van der Waals surface area contributed by atoms with Crippen molar-refractivity contribution in [2.45, 2.75) is 90.2 Å². The zero-order valence-electron chi connectivity index (χ0n) is 20.2. The standard InChI is InChI=1S/C23H43NO7/c1-6-8-9-10-11-12-13-14-22(26)31-19(18-30-21(25)7-2)17-29-16-15-20(23(27)28)24(3,4)5/h19-20H,6-18H2,1-5H3/p+1. The van der Waals surface area contributed by atoms with Gasteiger partial charge in [0.05, 0.1) is 34.4 Å². The van der Waals surface area contributed by atoms with Crippen LogP contribution in [-0.4, -0.2) is 80.6 Å². The molecule has 0 saturated heterocycles. The number of quaternary nitrogens is 1. The van der Waals surface area contributed by atoms with E-state index in [0.29, 0.717) is 12.8 Å². The molecule has 1 N–H and O–H groups in total. The van der Waals surface area contributed by atoms with Crippen LogP contribution in [0.5, 0.6) is 0 Å². The summed E-state index contributed by atoms with van der Waals surface area (Å²) in [6.45, 7) is 4.08. The van der Waals surface area contributed by atoms with E-state index >= 15 is 0 Å². The van der Waals surface area contributed by atoms with E-state index in [1.54, 1.807) is 6.92 Å². The second-order valence-corrected chi connectivity index (χ2v) is 8.85. The molecule has 0 radical (unpaired) electrons. The average molecular weight is 447 g/mol. The highest BCUT2D eigenvalue weighted by Gasteiger charge is 2.31. The number of hydrogen-bond donors (Lipinski definition) is 1. The third-order valence-corrected chi connectivity index (χ3v) is 5.06. The Morgan fingerprint density at radius 1 is 0.871 bits per heavy atom. The maximum Gasteiger partial charge on any atom is 0.362 e. The zero-order valence-corrected chi connectivity index (χ0v) is 20.2. The average Bonchev–Trinajstić information content (AvgIpc) is 2.69. The Hall–Kier alpha value is -1.67. The van der Waals surface area contributed by atoms with Gasteiger partial charge in [-0.2, -0.15) is 0 Å². The molecule has 31 heavy (non-hydrogen) atoms. The van der Waals surface area contributed by atoms with Gasteiger partial charge in [0, 0.05) is 19.3 Å². The lowest BCUT2D eigenvalue weighted by atomic mass is 10.1. The number of nitrogens with zero attached hydrogens (tertiary/aromatic N) is 1. The summed E-state index contributed by atoms with van der Waals surface area (Å²) in [6.07, 6.45) is 7.97. The van der Waals surface area contributed by atoms with Crippen LogP contribution in [0, 0.1) is 0 Å². The molecule has 0 aromatic rings. The van der Waals surface area contributed by atoms with E-state index in [4.69, 9.17) is 14.2 Å². The number of carbonyl (C=O) groups excluding carboxylic acids is 2. The Morgan fingerprint density at radius 3 is 2.03 bits per heavy atom. The molecule has 2 unspecified atom stereocenters. The van der Waals surface area contributed by atoms with E-state index in [0.717, 1.165) is 19.3 Å². The number of rotatable bonds is 19. The number of unbranched alkanes of at least 4 members (excludes halogenated alkanes) is 6. The maximum absolute atomic E-state index is 12.2. The summed E-state index contributed by atoms with van der Waals surface area (Å²) in [5.74, 6) is -1.58. The lowest BCUT2D eigenvalue weighted by molar-refractivity contribution is -0.887. The van der Waals surface area contributed by atoms with Gasteiger partial charge in [-0.1, -0.05) is 52.4 Å². The van der Waals surface area contributed by atoms with Gasteiger partial charge in [-0.15, -0.1) is 0 Å². The van der Waals surface area contributed by atoms with Gasteiger partial charge in [-0.05, 0) is 6.42 Å².